The van der Waals surface area contributed by atoms with Crippen LogP contribution >= 0.6 is 23.2 Å². The van der Waals surface area contributed by atoms with E-state index < -0.39 is 0 Å². The van der Waals surface area contributed by atoms with Gasteiger partial charge in [-0.05, 0) is 49.4 Å². The second-order valence-corrected chi connectivity index (χ2v) is 6.13. The van der Waals surface area contributed by atoms with Gasteiger partial charge in [-0.1, -0.05) is 35.3 Å². The largest absolute Gasteiger partial charge is 0.324 e. The number of carbonyl (C=O) groups excluding carboxylic acids is 1. The highest BCUT2D eigenvalue weighted by molar-refractivity contribution is 6.33. The number of amides is 1. The van der Waals surface area contributed by atoms with Gasteiger partial charge < -0.3 is 10.6 Å². The number of nitrogens with one attached hydrogen (secondary N) is 2. The topological polar surface area (TPSA) is 66.9 Å². The van der Waals surface area contributed by atoms with Gasteiger partial charge in [0, 0.05) is 16.4 Å². The lowest BCUT2D eigenvalue weighted by molar-refractivity contribution is 0.102. The van der Waals surface area contributed by atoms with Crippen LogP contribution in [0.2, 0.25) is 10.0 Å². The van der Waals surface area contributed by atoms with Crippen molar-refractivity contribution in [2.45, 2.75) is 6.92 Å². The van der Waals surface area contributed by atoms with Crippen LogP contribution in [0.3, 0.4) is 0 Å². The SMILES string of the molecule is Cc1cc(C(=O)Nc2ccccc2Cl)nc(Nc2ccc(Cl)cc2)n1. The van der Waals surface area contributed by atoms with Crippen LogP contribution in [0.1, 0.15) is 16.2 Å². The van der Waals surface area contributed by atoms with Crippen molar-refractivity contribution in [1.82, 2.24) is 9.97 Å². The highest BCUT2D eigenvalue weighted by Gasteiger charge is 2.12. The van der Waals surface area contributed by atoms with Crippen LogP contribution < -0.4 is 10.6 Å². The quantitative estimate of drug-likeness (QED) is 0.669. The van der Waals surface area contributed by atoms with Gasteiger partial charge in [-0.2, -0.15) is 0 Å². The van der Waals surface area contributed by atoms with Gasteiger partial charge in [0.15, 0.2) is 0 Å². The fraction of sp³-hybridized carbons (Fsp3) is 0.0556. The number of hydrogen-bond donors (Lipinski definition) is 2. The Morgan fingerprint density at radius 3 is 2.44 bits per heavy atom. The van der Waals surface area contributed by atoms with Gasteiger partial charge in [0.1, 0.15) is 5.69 Å². The minimum Gasteiger partial charge on any atom is -0.324 e. The van der Waals surface area contributed by atoms with Crippen molar-refractivity contribution in [2.24, 2.45) is 0 Å². The molecule has 0 aliphatic carbocycles. The van der Waals surface area contributed by atoms with Gasteiger partial charge in [-0.15, -0.1) is 0 Å². The van der Waals surface area contributed by atoms with Crippen LogP contribution in [0.4, 0.5) is 17.3 Å². The molecule has 25 heavy (non-hydrogen) atoms. The minimum atomic E-state index is -0.363. The monoisotopic (exact) mass is 372 g/mol. The number of para-hydroxylation sites is 1. The van der Waals surface area contributed by atoms with E-state index in [0.717, 1.165) is 5.69 Å². The Bertz CT molecular complexity index is 913. The van der Waals surface area contributed by atoms with E-state index in [1.807, 2.05) is 0 Å². The molecule has 0 unspecified atom stereocenters. The third kappa shape index (κ3) is 4.47. The molecular formula is C18H14Cl2N4O. The molecule has 0 fully saturated rings. The molecule has 1 amide bonds. The first kappa shape index (κ1) is 17.2. The molecule has 0 saturated heterocycles. The average molecular weight is 373 g/mol. The summed E-state index contributed by atoms with van der Waals surface area (Å²) in [7, 11) is 0. The van der Waals surface area contributed by atoms with E-state index in [1.165, 1.54) is 0 Å². The van der Waals surface area contributed by atoms with E-state index in [0.29, 0.717) is 27.4 Å². The van der Waals surface area contributed by atoms with Crippen molar-refractivity contribution in [1.29, 1.82) is 0 Å². The van der Waals surface area contributed by atoms with Crippen LogP contribution in [-0.4, -0.2) is 15.9 Å². The molecule has 0 saturated carbocycles. The molecule has 0 aliphatic heterocycles. The van der Waals surface area contributed by atoms with E-state index in [1.54, 1.807) is 61.5 Å². The number of carbonyl (C=O) groups is 1. The Hall–Kier alpha value is -2.63. The zero-order chi connectivity index (χ0) is 17.8. The van der Waals surface area contributed by atoms with E-state index in [4.69, 9.17) is 23.2 Å². The molecule has 2 N–H and O–H groups in total. The second kappa shape index (κ2) is 7.51. The predicted molar refractivity (Wildman–Crippen MR) is 101 cm³/mol. The molecule has 7 heteroatoms. The Labute approximate surface area is 155 Å². The number of halogens is 2. The second-order valence-electron chi connectivity index (χ2n) is 5.28. The average Bonchev–Trinajstić information content (AvgIpc) is 2.58. The molecule has 5 nitrogen and oxygen atoms in total. The Morgan fingerprint density at radius 1 is 1.00 bits per heavy atom. The van der Waals surface area contributed by atoms with E-state index in [2.05, 4.69) is 20.6 Å². The molecule has 1 aromatic heterocycles. The zero-order valence-electron chi connectivity index (χ0n) is 13.3. The van der Waals surface area contributed by atoms with Crippen molar-refractivity contribution in [3.8, 4) is 0 Å². The predicted octanol–water partition coefficient (Wildman–Crippen LogP) is 5.09. The Morgan fingerprint density at radius 2 is 1.72 bits per heavy atom. The third-order valence-corrected chi connectivity index (χ3v) is 3.89. The molecule has 3 rings (SSSR count). The number of aromatic nitrogens is 2. The van der Waals surface area contributed by atoms with Gasteiger partial charge in [0.2, 0.25) is 5.95 Å². The first-order valence-corrected chi connectivity index (χ1v) is 8.21. The molecule has 0 radical (unpaired) electrons. The normalized spacial score (nSPS) is 10.4. The van der Waals surface area contributed by atoms with E-state index in [-0.39, 0.29) is 11.6 Å². The molecule has 0 bridgehead atoms. The first-order chi connectivity index (χ1) is 12.0. The maximum atomic E-state index is 12.5. The lowest BCUT2D eigenvalue weighted by Gasteiger charge is -2.09. The summed E-state index contributed by atoms with van der Waals surface area (Å²) in [4.78, 5) is 21.0. The summed E-state index contributed by atoms with van der Waals surface area (Å²) < 4.78 is 0. The number of anilines is 3. The molecule has 126 valence electrons. The molecule has 2 aromatic carbocycles. The van der Waals surface area contributed by atoms with Crippen LogP contribution in [-0.2, 0) is 0 Å². The van der Waals surface area contributed by atoms with Crippen LogP contribution in [0.25, 0.3) is 0 Å². The highest BCUT2D eigenvalue weighted by Crippen LogP contribution is 2.22. The maximum Gasteiger partial charge on any atom is 0.274 e. The molecule has 0 spiro atoms. The van der Waals surface area contributed by atoms with Crippen molar-refractivity contribution in [3.63, 3.8) is 0 Å². The van der Waals surface area contributed by atoms with Gasteiger partial charge in [-0.3, -0.25) is 4.79 Å². The Balaban J connectivity index is 1.82. The smallest absolute Gasteiger partial charge is 0.274 e. The lowest BCUT2D eigenvalue weighted by Crippen LogP contribution is -2.15. The zero-order valence-corrected chi connectivity index (χ0v) is 14.8. The summed E-state index contributed by atoms with van der Waals surface area (Å²) in [5.41, 5.74) is 2.20. The summed E-state index contributed by atoms with van der Waals surface area (Å²) in [5.74, 6) is -0.0376. The molecule has 0 aliphatic rings. The number of nitrogens with zero attached hydrogens (tertiary/aromatic N) is 2. The van der Waals surface area contributed by atoms with Gasteiger partial charge >= 0.3 is 0 Å². The fourth-order valence-corrected chi connectivity index (χ4v) is 2.46. The molecule has 0 atom stereocenters. The van der Waals surface area contributed by atoms with Gasteiger partial charge in [-0.25, -0.2) is 9.97 Å². The molecule has 1 heterocycles. The third-order valence-electron chi connectivity index (χ3n) is 3.31. The highest BCUT2D eigenvalue weighted by atomic mass is 35.5. The Kier molecular flexibility index (Phi) is 5.16. The standard InChI is InChI=1S/C18H14Cl2N4O/c1-11-10-16(17(25)23-15-5-3-2-4-14(15)20)24-18(21-11)22-13-8-6-12(19)7-9-13/h2-10H,1H3,(H,23,25)(H,21,22,24). The van der Waals surface area contributed by atoms with E-state index >= 15 is 0 Å². The van der Waals surface area contributed by atoms with Gasteiger partial charge in [0.25, 0.3) is 5.91 Å². The van der Waals surface area contributed by atoms with Crippen molar-refractivity contribution >= 4 is 46.4 Å². The van der Waals surface area contributed by atoms with E-state index in [9.17, 15) is 4.79 Å². The van der Waals surface area contributed by atoms with Crippen molar-refractivity contribution < 1.29 is 4.79 Å². The number of benzene rings is 2. The van der Waals surface area contributed by atoms with Crippen molar-refractivity contribution in [2.75, 3.05) is 10.6 Å². The summed E-state index contributed by atoms with van der Waals surface area (Å²) in [5, 5.41) is 6.90. The summed E-state index contributed by atoms with van der Waals surface area (Å²) in [6.07, 6.45) is 0. The molecule has 3 aromatic rings. The lowest BCUT2D eigenvalue weighted by atomic mass is 10.3. The minimum absolute atomic E-state index is 0.240. The van der Waals surface area contributed by atoms with Crippen LogP contribution in [0.5, 0.6) is 0 Å². The summed E-state index contributed by atoms with van der Waals surface area (Å²) in [6, 6.07) is 15.7. The first-order valence-electron chi connectivity index (χ1n) is 7.45. The van der Waals surface area contributed by atoms with Crippen molar-refractivity contribution in [3.05, 3.63) is 76.0 Å². The summed E-state index contributed by atoms with van der Waals surface area (Å²) >= 11 is 11.9. The van der Waals surface area contributed by atoms with Gasteiger partial charge in [0.05, 0.1) is 10.7 Å². The number of aryl methyl sites for hydroxylation is 1. The van der Waals surface area contributed by atoms with Crippen LogP contribution in [0.15, 0.2) is 54.6 Å². The van der Waals surface area contributed by atoms with Crippen LogP contribution in [0, 0.1) is 6.92 Å². The molecular weight excluding hydrogens is 359 g/mol. The maximum absolute atomic E-state index is 12.5. The summed E-state index contributed by atoms with van der Waals surface area (Å²) in [6.45, 7) is 1.79. The fourth-order valence-electron chi connectivity index (χ4n) is 2.15. The number of hydrogen-bond acceptors (Lipinski definition) is 4. The number of rotatable bonds is 4.